The van der Waals surface area contributed by atoms with Crippen LogP contribution in [0.15, 0.2) is 53.8 Å². The van der Waals surface area contributed by atoms with Crippen molar-refractivity contribution < 1.29 is 14.3 Å². The monoisotopic (exact) mass is 503 g/mol. The van der Waals surface area contributed by atoms with Crippen LogP contribution >= 0.6 is 0 Å². The molecule has 3 heterocycles. The molecule has 8 heteroatoms. The second-order valence-corrected chi connectivity index (χ2v) is 11.2. The van der Waals surface area contributed by atoms with Crippen LogP contribution in [-0.2, 0) is 9.59 Å². The topological polar surface area (TPSA) is 110 Å². The largest absolute Gasteiger partial charge is 0.487 e. The van der Waals surface area contributed by atoms with Crippen LogP contribution in [-0.4, -0.2) is 38.8 Å². The zero-order chi connectivity index (χ0) is 26.4. The van der Waals surface area contributed by atoms with Crippen molar-refractivity contribution in [3.63, 3.8) is 0 Å². The number of carbonyl (C=O) groups excluding carboxylic acids is 2. The number of nitrogens with two attached hydrogens (primary N) is 1. The van der Waals surface area contributed by atoms with E-state index in [1.807, 2.05) is 64.1 Å². The minimum atomic E-state index is -0.458. The van der Waals surface area contributed by atoms with E-state index in [-0.39, 0.29) is 47.3 Å². The lowest BCUT2D eigenvalue weighted by Gasteiger charge is -2.40. The smallest absolute Gasteiger partial charge is 0.232 e. The lowest BCUT2D eigenvalue weighted by atomic mass is 9.87. The minimum absolute atomic E-state index is 0.00664. The van der Waals surface area contributed by atoms with Crippen LogP contribution in [0.5, 0.6) is 5.75 Å². The van der Waals surface area contributed by atoms with E-state index in [0.29, 0.717) is 19.3 Å². The third kappa shape index (κ3) is 4.81. The lowest BCUT2D eigenvalue weighted by Crippen LogP contribution is -2.53. The third-order valence-corrected chi connectivity index (χ3v) is 8.24. The Hall–Kier alpha value is -3.42. The van der Waals surface area contributed by atoms with E-state index < -0.39 is 5.54 Å². The van der Waals surface area contributed by atoms with Crippen LogP contribution < -0.4 is 15.8 Å². The molecule has 2 aliphatic heterocycles. The van der Waals surface area contributed by atoms with Crippen molar-refractivity contribution in [2.45, 2.75) is 83.0 Å². The number of para-hydroxylation sites is 1. The van der Waals surface area contributed by atoms with Gasteiger partial charge in [0.05, 0.1) is 24.0 Å². The number of aromatic nitrogens is 1. The van der Waals surface area contributed by atoms with E-state index in [4.69, 9.17) is 15.5 Å². The minimum Gasteiger partial charge on any atom is -0.487 e. The van der Waals surface area contributed by atoms with Crippen molar-refractivity contribution in [3.05, 3.63) is 59.9 Å². The van der Waals surface area contributed by atoms with Gasteiger partial charge in [0.2, 0.25) is 11.8 Å². The van der Waals surface area contributed by atoms with Crippen molar-refractivity contribution in [3.8, 4) is 5.75 Å². The fraction of sp³-hybridized carbons (Fsp3) is 0.517. The van der Waals surface area contributed by atoms with Crippen LogP contribution in [0.25, 0.3) is 0 Å². The van der Waals surface area contributed by atoms with E-state index in [2.05, 4.69) is 10.3 Å². The van der Waals surface area contributed by atoms with Gasteiger partial charge in [-0.15, -0.1) is 0 Å². The summed E-state index contributed by atoms with van der Waals surface area (Å²) in [4.78, 5) is 37.8. The van der Waals surface area contributed by atoms with Crippen molar-refractivity contribution in [2.24, 2.45) is 22.6 Å². The van der Waals surface area contributed by atoms with Crippen molar-refractivity contribution in [1.82, 2.24) is 15.2 Å². The van der Waals surface area contributed by atoms with Crippen LogP contribution in [0, 0.1) is 11.8 Å². The second-order valence-electron chi connectivity index (χ2n) is 11.2. The number of guanidine groups is 1. The maximum absolute atomic E-state index is 13.5. The molecule has 8 nitrogen and oxygen atoms in total. The first kappa shape index (κ1) is 25.2. The van der Waals surface area contributed by atoms with Gasteiger partial charge in [0.15, 0.2) is 5.96 Å². The van der Waals surface area contributed by atoms with Gasteiger partial charge in [-0.05, 0) is 56.7 Å². The molecule has 1 aliphatic carbocycles. The number of ether oxygens (including phenoxy) is 1. The number of nitrogens with zero attached hydrogens (tertiary/aromatic N) is 3. The molecule has 0 bridgehead atoms. The molecule has 1 aromatic carbocycles. The van der Waals surface area contributed by atoms with E-state index >= 15 is 0 Å². The Morgan fingerprint density at radius 2 is 1.97 bits per heavy atom. The molecule has 2 amide bonds. The Balaban J connectivity index is 1.40. The van der Waals surface area contributed by atoms with Crippen molar-refractivity contribution in [1.29, 1.82) is 0 Å². The van der Waals surface area contributed by atoms with Gasteiger partial charge in [-0.3, -0.25) is 19.5 Å². The fourth-order valence-electron chi connectivity index (χ4n) is 6.00. The van der Waals surface area contributed by atoms with Gasteiger partial charge in [0, 0.05) is 30.3 Å². The summed E-state index contributed by atoms with van der Waals surface area (Å²) >= 11 is 0. The highest BCUT2D eigenvalue weighted by Crippen LogP contribution is 2.52. The predicted octanol–water partition coefficient (Wildman–Crippen LogP) is 4.28. The molecule has 0 spiro atoms. The molecular formula is C29H37N5O3. The van der Waals surface area contributed by atoms with Gasteiger partial charge in [-0.25, -0.2) is 4.99 Å². The average Bonchev–Trinajstić information content (AvgIpc) is 3.66. The maximum Gasteiger partial charge on any atom is 0.232 e. The van der Waals surface area contributed by atoms with Crippen LogP contribution in [0.3, 0.4) is 0 Å². The molecule has 2 aromatic rings. The highest BCUT2D eigenvalue weighted by atomic mass is 16.5. The summed E-state index contributed by atoms with van der Waals surface area (Å²) in [6.07, 6.45) is 6.63. The molecule has 196 valence electrons. The number of hydrogen-bond acceptors (Lipinski definition) is 6. The van der Waals surface area contributed by atoms with Gasteiger partial charge in [0.1, 0.15) is 11.4 Å². The van der Waals surface area contributed by atoms with Gasteiger partial charge >= 0.3 is 0 Å². The number of fused-ring (bicyclic) bond motifs is 1. The first-order valence-corrected chi connectivity index (χ1v) is 13.3. The zero-order valence-electron chi connectivity index (χ0n) is 22.1. The second kappa shape index (κ2) is 9.47. The number of carbonyl (C=O) groups is 2. The lowest BCUT2D eigenvalue weighted by molar-refractivity contribution is -0.132. The Morgan fingerprint density at radius 1 is 1.22 bits per heavy atom. The highest BCUT2D eigenvalue weighted by Gasteiger charge is 2.53. The number of aliphatic imine (C=N–C) groups is 1. The number of rotatable bonds is 7. The third-order valence-electron chi connectivity index (χ3n) is 8.24. The molecule has 0 saturated heterocycles. The number of pyridine rings is 1. The quantitative estimate of drug-likeness (QED) is 0.586. The molecule has 4 atom stereocenters. The SMILES string of the molecule is CCC1(CC)CC(=O)N([C@H](c2cccnc2)[C@@H]2C[C@H]2C(=O)NC2CC(C)(C)Oc3ccccc32)C(N)=N1. The summed E-state index contributed by atoms with van der Waals surface area (Å²) in [7, 11) is 0. The van der Waals surface area contributed by atoms with E-state index in [1.54, 1.807) is 17.3 Å². The summed E-state index contributed by atoms with van der Waals surface area (Å²) in [5.41, 5.74) is 7.49. The highest BCUT2D eigenvalue weighted by molar-refractivity contribution is 5.99. The molecule has 1 fully saturated rings. The molecule has 0 radical (unpaired) electrons. The van der Waals surface area contributed by atoms with Crippen LogP contribution in [0.2, 0.25) is 0 Å². The van der Waals surface area contributed by atoms with E-state index in [1.165, 1.54) is 0 Å². The molecule has 5 rings (SSSR count). The fourth-order valence-corrected chi connectivity index (χ4v) is 6.00. The Bertz CT molecular complexity index is 1210. The first-order chi connectivity index (χ1) is 17.7. The molecule has 3 aliphatic rings. The van der Waals surface area contributed by atoms with E-state index in [9.17, 15) is 9.59 Å². The normalized spacial score (nSPS) is 26.4. The number of benzene rings is 1. The summed E-state index contributed by atoms with van der Waals surface area (Å²) in [6.45, 7) is 8.16. The predicted molar refractivity (Wildman–Crippen MR) is 142 cm³/mol. The molecule has 1 unspecified atom stereocenters. The molecule has 37 heavy (non-hydrogen) atoms. The van der Waals surface area contributed by atoms with Gasteiger partial charge < -0.3 is 15.8 Å². The van der Waals surface area contributed by atoms with Gasteiger partial charge in [-0.2, -0.15) is 0 Å². The summed E-state index contributed by atoms with van der Waals surface area (Å²) in [5.74, 6) is 0.695. The zero-order valence-corrected chi connectivity index (χ0v) is 22.1. The molecule has 1 aromatic heterocycles. The van der Waals surface area contributed by atoms with Crippen molar-refractivity contribution in [2.75, 3.05) is 0 Å². The van der Waals surface area contributed by atoms with Crippen molar-refractivity contribution >= 4 is 17.8 Å². The number of nitrogens with one attached hydrogen (secondary N) is 1. The molecule has 3 N–H and O–H groups in total. The first-order valence-electron chi connectivity index (χ1n) is 13.3. The number of hydrogen-bond donors (Lipinski definition) is 2. The summed E-state index contributed by atoms with van der Waals surface area (Å²) in [5, 5.41) is 3.29. The Kier molecular flexibility index (Phi) is 6.46. The summed E-state index contributed by atoms with van der Waals surface area (Å²) in [6, 6.07) is 11.2. The van der Waals surface area contributed by atoms with E-state index in [0.717, 1.165) is 29.7 Å². The van der Waals surface area contributed by atoms with Crippen LogP contribution in [0.4, 0.5) is 0 Å². The molecular weight excluding hydrogens is 466 g/mol. The Morgan fingerprint density at radius 3 is 2.65 bits per heavy atom. The van der Waals surface area contributed by atoms with Gasteiger partial charge in [-0.1, -0.05) is 38.1 Å². The average molecular weight is 504 g/mol. The Labute approximate surface area is 218 Å². The number of amides is 2. The van der Waals surface area contributed by atoms with Gasteiger partial charge in [0.25, 0.3) is 0 Å². The molecule has 1 saturated carbocycles. The standard InChI is InChI=1S/C29H37N5O3/c1-5-29(6-2)16-24(35)34(27(30)33-29)25(18-10-9-13-31-17-18)20-14-21(20)26(36)32-22-15-28(3,4)37-23-12-8-7-11-19(22)23/h7-13,17,20-22,25H,5-6,14-16H2,1-4H3,(H2,30,33)(H,32,36)/t20-,21-,22?,25-/m1/s1. The van der Waals surface area contributed by atoms with Crippen LogP contribution in [0.1, 0.15) is 83.0 Å². The maximum atomic E-state index is 13.5. The summed E-state index contributed by atoms with van der Waals surface area (Å²) < 4.78 is 6.13.